The zero-order chi connectivity index (χ0) is 16.9. The van der Waals surface area contributed by atoms with Crippen LogP contribution in [-0.2, 0) is 17.8 Å². The first-order valence-electron chi connectivity index (χ1n) is 9.08. The highest BCUT2D eigenvalue weighted by Crippen LogP contribution is 2.21. The van der Waals surface area contributed by atoms with Gasteiger partial charge in [0, 0.05) is 25.2 Å². The average Bonchev–Trinajstić information content (AvgIpc) is 2.60. The molecule has 24 heavy (non-hydrogen) atoms. The molecule has 132 valence electrons. The van der Waals surface area contributed by atoms with E-state index in [9.17, 15) is 4.79 Å². The number of nitrogens with zero attached hydrogens (tertiary/aromatic N) is 2. The van der Waals surface area contributed by atoms with Gasteiger partial charge < -0.3 is 10.6 Å². The maximum Gasteiger partial charge on any atom is 0.234 e. The van der Waals surface area contributed by atoms with Crippen molar-refractivity contribution >= 4 is 5.91 Å². The molecule has 1 saturated heterocycles. The lowest BCUT2D eigenvalue weighted by Gasteiger charge is -2.34. The van der Waals surface area contributed by atoms with Gasteiger partial charge in [-0.15, -0.1) is 0 Å². The lowest BCUT2D eigenvalue weighted by atomic mass is 9.94. The zero-order valence-electron chi connectivity index (χ0n) is 14.9. The summed E-state index contributed by atoms with van der Waals surface area (Å²) in [5.41, 5.74) is 2.83. The lowest BCUT2D eigenvalue weighted by Crippen LogP contribution is -2.49. The molecule has 0 aromatic heterocycles. The van der Waals surface area contributed by atoms with Crippen LogP contribution in [0, 0.1) is 0 Å². The molecule has 0 aliphatic carbocycles. The van der Waals surface area contributed by atoms with Gasteiger partial charge >= 0.3 is 0 Å². The molecule has 2 heterocycles. The summed E-state index contributed by atoms with van der Waals surface area (Å²) >= 11 is 0. The fourth-order valence-electron chi connectivity index (χ4n) is 3.84. The van der Waals surface area contributed by atoms with Crippen molar-refractivity contribution in [3.8, 4) is 0 Å². The molecule has 1 aromatic carbocycles. The van der Waals surface area contributed by atoms with E-state index in [-0.39, 0.29) is 5.91 Å². The molecule has 1 amide bonds. The van der Waals surface area contributed by atoms with Crippen LogP contribution in [0.25, 0.3) is 0 Å². The van der Waals surface area contributed by atoms with E-state index >= 15 is 0 Å². The molecule has 5 nitrogen and oxygen atoms in total. The summed E-state index contributed by atoms with van der Waals surface area (Å²) in [5.74, 6) is 0.142. The standard InChI is InChI=1S/C19H30N4O/c1-22-13-16-6-4-3-5-15(16)11-18(22)12-21-19(24)14-23(2)17-7-9-20-10-8-17/h3-6,17-18,20H,7-14H2,1-2H3,(H,21,24)/t18-/m0/s1. The van der Waals surface area contributed by atoms with Gasteiger partial charge in [-0.25, -0.2) is 0 Å². The smallest absolute Gasteiger partial charge is 0.234 e. The van der Waals surface area contributed by atoms with Gasteiger partial charge in [0.2, 0.25) is 5.91 Å². The number of rotatable bonds is 5. The number of hydrogen-bond donors (Lipinski definition) is 2. The summed E-state index contributed by atoms with van der Waals surface area (Å²) in [5, 5.41) is 6.52. The Morgan fingerprint density at radius 2 is 2.00 bits per heavy atom. The second-order valence-corrected chi connectivity index (χ2v) is 7.24. The number of fused-ring (bicyclic) bond motifs is 1. The maximum absolute atomic E-state index is 12.3. The van der Waals surface area contributed by atoms with Crippen LogP contribution in [0.5, 0.6) is 0 Å². The fourth-order valence-corrected chi connectivity index (χ4v) is 3.84. The van der Waals surface area contributed by atoms with Crippen LogP contribution >= 0.6 is 0 Å². The van der Waals surface area contributed by atoms with Crippen molar-refractivity contribution in [1.82, 2.24) is 20.4 Å². The minimum atomic E-state index is 0.142. The van der Waals surface area contributed by atoms with E-state index < -0.39 is 0 Å². The quantitative estimate of drug-likeness (QED) is 0.840. The van der Waals surface area contributed by atoms with Crippen molar-refractivity contribution in [2.45, 2.75) is 37.9 Å². The third-order valence-corrected chi connectivity index (χ3v) is 5.48. The monoisotopic (exact) mass is 330 g/mol. The van der Waals surface area contributed by atoms with Crippen molar-refractivity contribution in [2.75, 3.05) is 40.3 Å². The van der Waals surface area contributed by atoms with E-state index in [1.54, 1.807) is 0 Å². The van der Waals surface area contributed by atoms with Gasteiger partial charge in [-0.05, 0) is 57.6 Å². The SMILES string of the molecule is CN(CC(=O)NC[C@@H]1Cc2ccccc2CN1C)C1CCNCC1. The first kappa shape index (κ1) is 17.4. The number of nitrogens with one attached hydrogen (secondary N) is 2. The van der Waals surface area contributed by atoms with Crippen LogP contribution in [-0.4, -0.2) is 68.1 Å². The van der Waals surface area contributed by atoms with Crippen LogP contribution < -0.4 is 10.6 Å². The van der Waals surface area contributed by atoms with Gasteiger partial charge in [0.1, 0.15) is 0 Å². The normalized spacial score (nSPS) is 22.4. The number of carbonyl (C=O) groups excluding carboxylic acids is 1. The second kappa shape index (κ2) is 8.10. The average molecular weight is 330 g/mol. The van der Waals surface area contributed by atoms with E-state index in [0.29, 0.717) is 18.6 Å². The van der Waals surface area contributed by atoms with E-state index in [4.69, 9.17) is 0 Å². The molecule has 2 aliphatic heterocycles. The first-order chi connectivity index (χ1) is 11.6. The molecule has 0 spiro atoms. The van der Waals surface area contributed by atoms with E-state index in [2.05, 4.69) is 58.8 Å². The topological polar surface area (TPSA) is 47.6 Å². The molecule has 2 aliphatic rings. The number of carbonyl (C=O) groups is 1. The zero-order valence-corrected chi connectivity index (χ0v) is 14.9. The van der Waals surface area contributed by atoms with Gasteiger partial charge in [-0.3, -0.25) is 14.6 Å². The molecule has 0 saturated carbocycles. The molecule has 5 heteroatoms. The summed E-state index contributed by atoms with van der Waals surface area (Å²) in [6, 6.07) is 9.53. The van der Waals surface area contributed by atoms with Gasteiger partial charge in [0.25, 0.3) is 0 Å². The van der Waals surface area contributed by atoms with Crippen LogP contribution in [0.1, 0.15) is 24.0 Å². The fraction of sp³-hybridized carbons (Fsp3) is 0.632. The van der Waals surface area contributed by atoms with E-state index in [0.717, 1.165) is 45.4 Å². The lowest BCUT2D eigenvalue weighted by molar-refractivity contribution is -0.122. The Labute approximate surface area is 145 Å². The summed E-state index contributed by atoms with van der Waals surface area (Å²) in [6.07, 6.45) is 3.27. The molecule has 1 atom stereocenters. The van der Waals surface area contributed by atoms with Gasteiger partial charge in [0.15, 0.2) is 0 Å². The van der Waals surface area contributed by atoms with Crippen LogP contribution in [0.2, 0.25) is 0 Å². The predicted octanol–water partition coefficient (Wildman–Crippen LogP) is 0.843. The molecule has 3 rings (SSSR count). The largest absolute Gasteiger partial charge is 0.353 e. The number of amides is 1. The highest BCUT2D eigenvalue weighted by atomic mass is 16.2. The molecule has 0 unspecified atom stereocenters. The number of benzene rings is 1. The Hall–Kier alpha value is -1.43. The molecule has 2 N–H and O–H groups in total. The number of hydrogen-bond acceptors (Lipinski definition) is 4. The first-order valence-corrected chi connectivity index (χ1v) is 9.08. The summed E-state index contributed by atoms with van der Waals surface area (Å²) in [4.78, 5) is 16.9. The minimum absolute atomic E-state index is 0.142. The van der Waals surface area contributed by atoms with Gasteiger partial charge in [0.05, 0.1) is 6.54 Å². The van der Waals surface area contributed by atoms with Crippen molar-refractivity contribution in [2.24, 2.45) is 0 Å². The van der Waals surface area contributed by atoms with Crippen molar-refractivity contribution in [3.63, 3.8) is 0 Å². The van der Waals surface area contributed by atoms with Crippen LogP contribution in [0.15, 0.2) is 24.3 Å². The molecule has 1 fully saturated rings. The van der Waals surface area contributed by atoms with Crippen molar-refractivity contribution < 1.29 is 4.79 Å². The molecule has 0 bridgehead atoms. The van der Waals surface area contributed by atoms with Gasteiger partial charge in [-0.1, -0.05) is 24.3 Å². The van der Waals surface area contributed by atoms with Gasteiger partial charge in [-0.2, -0.15) is 0 Å². The Morgan fingerprint density at radius 3 is 2.75 bits per heavy atom. The molecule has 1 aromatic rings. The summed E-state index contributed by atoms with van der Waals surface area (Å²) in [6.45, 7) is 4.30. The highest BCUT2D eigenvalue weighted by Gasteiger charge is 2.24. The van der Waals surface area contributed by atoms with E-state index in [1.165, 1.54) is 11.1 Å². The molecule has 0 radical (unpaired) electrons. The molecular weight excluding hydrogens is 300 g/mol. The molecular formula is C19H30N4O. The third kappa shape index (κ3) is 4.35. The third-order valence-electron chi connectivity index (χ3n) is 5.48. The summed E-state index contributed by atoms with van der Waals surface area (Å²) in [7, 11) is 4.21. The van der Waals surface area contributed by atoms with Crippen LogP contribution in [0.3, 0.4) is 0 Å². The Balaban J connectivity index is 1.46. The highest BCUT2D eigenvalue weighted by molar-refractivity contribution is 5.78. The Bertz CT molecular complexity index is 556. The second-order valence-electron chi connectivity index (χ2n) is 7.24. The minimum Gasteiger partial charge on any atom is -0.353 e. The Kier molecular flexibility index (Phi) is 5.87. The number of likely N-dealkylation sites (N-methyl/N-ethyl adjacent to an activating group) is 2. The maximum atomic E-state index is 12.3. The van der Waals surface area contributed by atoms with Crippen molar-refractivity contribution in [1.29, 1.82) is 0 Å². The number of piperidine rings is 1. The van der Waals surface area contributed by atoms with Crippen LogP contribution in [0.4, 0.5) is 0 Å². The van der Waals surface area contributed by atoms with E-state index in [1.807, 2.05) is 0 Å². The predicted molar refractivity (Wildman–Crippen MR) is 96.9 cm³/mol. The summed E-state index contributed by atoms with van der Waals surface area (Å²) < 4.78 is 0. The van der Waals surface area contributed by atoms with Crippen molar-refractivity contribution in [3.05, 3.63) is 35.4 Å². The Morgan fingerprint density at radius 1 is 1.29 bits per heavy atom.